The number of thioether (sulfide) groups is 1. The molecule has 0 saturated carbocycles. The van der Waals surface area contributed by atoms with Gasteiger partial charge in [-0.2, -0.15) is 11.8 Å². The fourth-order valence-corrected chi connectivity index (χ4v) is 2.49. The van der Waals surface area contributed by atoms with Gasteiger partial charge in [0.25, 0.3) is 0 Å². The van der Waals surface area contributed by atoms with E-state index in [1.807, 2.05) is 25.6 Å². The molecule has 2 rings (SSSR count). The summed E-state index contributed by atoms with van der Waals surface area (Å²) in [5, 5.41) is 5.69. The van der Waals surface area contributed by atoms with Crippen molar-refractivity contribution in [3.05, 3.63) is 0 Å². The molecule has 2 saturated heterocycles. The summed E-state index contributed by atoms with van der Waals surface area (Å²) in [5.41, 5.74) is 0. The highest BCUT2D eigenvalue weighted by molar-refractivity contribution is 7.99. The Morgan fingerprint density at radius 3 is 2.18 bits per heavy atom. The molecule has 0 bridgehead atoms. The third-order valence-corrected chi connectivity index (χ3v) is 2.90. The fourth-order valence-electron chi connectivity index (χ4n) is 1.22. The lowest BCUT2D eigenvalue weighted by molar-refractivity contribution is 0.247. The topological polar surface area (TPSA) is 41.1 Å². The average Bonchev–Trinajstić information content (AvgIpc) is 2.51. The molecule has 2 atom stereocenters. The van der Waals surface area contributed by atoms with E-state index in [-0.39, 0.29) is 6.03 Å². The Morgan fingerprint density at radius 2 is 1.73 bits per heavy atom. The van der Waals surface area contributed by atoms with Crippen LogP contribution in [0.15, 0.2) is 0 Å². The van der Waals surface area contributed by atoms with Crippen LogP contribution in [0.5, 0.6) is 0 Å². The van der Waals surface area contributed by atoms with Gasteiger partial charge in [0.1, 0.15) is 0 Å². The van der Waals surface area contributed by atoms with Crippen LogP contribution in [0.1, 0.15) is 13.8 Å². The van der Waals surface area contributed by atoms with E-state index in [0.29, 0.717) is 12.1 Å². The van der Waals surface area contributed by atoms with Crippen LogP contribution < -0.4 is 10.6 Å². The average molecular weight is 174 g/mol. The quantitative estimate of drug-likeness (QED) is 0.534. The maximum atomic E-state index is 10.6. The van der Waals surface area contributed by atoms with Gasteiger partial charge in [-0.3, -0.25) is 0 Å². The van der Waals surface area contributed by atoms with Crippen molar-refractivity contribution in [2.45, 2.75) is 25.9 Å². The van der Waals surface area contributed by atoms with Crippen LogP contribution in [0.25, 0.3) is 0 Å². The van der Waals surface area contributed by atoms with Gasteiger partial charge < -0.3 is 10.6 Å². The highest BCUT2D eigenvalue weighted by atomic mass is 32.2. The van der Waals surface area contributed by atoms with Gasteiger partial charge >= 0.3 is 6.03 Å². The van der Waals surface area contributed by atoms with Crippen LogP contribution in [0.2, 0.25) is 0 Å². The summed E-state index contributed by atoms with van der Waals surface area (Å²) >= 11 is 1.89. The van der Waals surface area contributed by atoms with Crippen molar-refractivity contribution in [3.8, 4) is 0 Å². The lowest BCUT2D eigenvalue weighted by Gasteiger charge is -2.02. The first-order valence-electron chi connectivity index (χ1n) is 4.01. The minimum Gasteiger partial charge on any atom is -0.332 e. The molecule has 3 nitrogen and oxygen atoms in total. The van der Waals surface area contributed by atoms with Crippen LogP contribution in [0, 0.1) is 0 Å². The van der Waals surface area contributed by atoms with Gasteiger partial charge in [-0.25, -0.2) is 4.79 Å². The minimum absolute atomic E-state index is 0.00491. The number of amides is 2. The van der Waals surface area contributed by atoms with Gasteiger partial charge in [-0.15, -0.1) is 0 Å². The van der Waals surface area contributed by atoms with E-state index in [1.54, 1.807) is 0 Å². The molecule has 2 fully saturated rings. The van der Waals surface area contributed by atoms with Crippen molar-refractivity contribution in [1.29, 1.82) is 0 Å². The Labute approximate surface area is 71.3 Å². The monoisotopic (exact) mass is 174 g/mol. The predicted molar refractivity (Wildman–Crippen MR) is 47.9 cm³/mol. The van der Waals surface area contributed by atoms with Crippen molar-refractivity contribution in [1.82, 2.24) is 10.6 Å². The van der Waals surface area contributed by atoms with E-state index in [9.17, 15) is 4.79 Å². The van der Waals surface area contributed by atoms with Crippen LogP contribution in [-0.2, 0) is 0 Å². The molecule has 0 spiro atoms. The number of hydrogen-bond donors (Lipinski definition) is 2. The maximum absolute atomic E-state index is 10.6. The lowest BCUT2D eigenvalue weighted by Crippen LogP contribution is -2.31. The molecule has 0 aliphatic carbocycles. The number of nitrogens with one attached hydrogen (secondary N) is 2. The second-order valence-electron chi connectivity index (χ2n) is 2.37. The van der Waals surface area contributed by atoms with E-state index in [0.717, 1.165) is 11.5 Å². The molecule has 64 valence electrons. The second-order valence-corrected chi connectivity index (χ2v) is 3.44. The molecule has 2 aliphatic rings. The zero-order valence-corrected chi connectivity index (χ0v) is 7.70. The number of urea groups is 1. The first-order valence-corrected chi connectivity index (χ1v) is 5.16. The van der Waals surface area contributed by atoms with Gasteiger partial charge in [-0.05, 0) is 0 Å². The molecule has 2 amide bonds. The van der Waals surface area contributed by atoms with Gasteiger partial charge in [-0.1, -0.05) is 13.8 Å². The Morgan fingerprint density at radius 1 is 1.27 bits per heavy atom. The molecule has 2 aliphatic heterocycles. The van der Waals surface area contributed by atoms with E-state index < -0.39 is 0 Å². The van der Waals surface area contributed by atoms with Crippen molar-refractivity contribution in [3.63, 3.8) is 0 Å². The number of fused-ring (bicyclic) bond motifs is 1. The van der Waals surface area contributed by atoms with E-state index in [2.05, 4.69) is 10.6 Å². The summed E-state index contributed by atoms with van der Waals surface area (Å²) in [4.78, 5) is 10.6. The summed E-state index contributed by atoms with van der Waals surface area (Å²) in [6.45, 7) is 4.00. The highest BCUT2D eigenvalue weighted by Crippen LogP contribution is 2.20. The Kier molecular flexibility index (Phi) is 3.05. The van der Waals surface area contributed by atoms with Crippen LogP contribution in [0.4, 0.5) is 4.79 Å². The first kappa shape index (κ1) is 8.71. The van der Waals surface area contributed by atoms with Gasteiger partial charge in [0.15, 0.2) is 0 Å². The summed E-state index contributed by atoms with van der Waals surface area (Å²) in [6.07, 6.45) is 0. The molecular weight excluding hydrogens is 160 g/mol. The van der Waals surface area contributed by atoms with Crippen molar-refractivity contribution >= 4 is 17.8 Å². The van der Waals surface area contributed by atoms with Crippen molar-refractivity contribution in [2.24, 2.45) is 0 Å². The molecule has 2 heterocycles. The molecule has 0 radical (unpaired) electrons. The number of carbonyl (C=O) groups is 1. The summed E-state index contributed by atoms with van der Waals surface area (Å²) in [7, 11) is 0. The minimum atomic E-state index is 0.00491. The van der Waals surface area contributed by atoms with Crippen LogP contribution in [0.3, 0.4) is 0 Å². The molecule has 0 aromatic carbocycles. The first-order chi connectivity index (χ1) is 5.36. The molecule has 0 aromatic heterocycles. The number of rotatable bonds is 0. The molecule has 2 N–H and O–H groups in total. The van der Waals surface area contributed by atoms with Crippen molar-refractivity contribution < 1.29 is 4.79 Å². The smallest absolute Gasteiger partial charge is 0.315 e. The normalized spacial score (nSPS) is 33.1. The summed E-state index contributed by atoms with van der Waals surface area (Å²) < 4.78 is 0. The zero-order chi connectivity index (χ0) is 8.27. The Hall–Kier alpha value is -0.380. The lowest BCUT2D eigenvalue weighted by atomic mass is 10.2. The standard InChI is InChI=1S/C5H8N2OS.C2H6/c8-5-6-3-1-9-2-4(3)7-5;1-2/h3-4H,1-2H2,(H2,6,7,8);1-2H3. The van der Waals surface area contributed by atoms with Crippen molar-refractivity contribution in [2.75, 3.05) is 11.5 Å². The summed E-state index contributed by atoms with van der Waals surface area (Å²) in [5.74, 6) is 2.15. The van der Waals surface area contributed by atoms with E-state index >= 15 is 0 Å². The largest absolute Gasteiger partial charge is 0.332 e. The SMILES string of the molecule is CC.O=C1NC2CSCC2N1. The Balaban J connectivity index is 0.000000281. The second kappa shape index (κ2) is 3.85. The molecular formula is C7H14N2OS. The highest BCUT2D eigenvalue weighted by Gasteiger charge is 2.35. The van der Waals surface area contributed by atoms with Gasteiger partial charge in [0, 0.05) is 11.5 Å². The fraction of sp³-hybridized carbons (Fsp3) is 0.857. The third kappa shape index (κ3) is 1.80. The molecule has 0 aromatic rings. The maximum Gasteiger partial charge on any atom is 0.315 e. The predicted octanol–water partition coefficient (Wildman–Crippen LogP) is 0.809. The third-order valence-electron chi connectivity index (χ3n) is 1.71. The van der Waals surface area contributed by atoms with E-state index in [4.69, 9.17) is 0 Å². The van der Waals surface area contributed by atoms with Crippen LogP contribution in [-0.4, -0.2) is 29.6 Å². The van der Waals surface area contributed by atoms with Gasteiger partial charge in [0.2, 0.25) is 0 Å². The van der Waals surface area contributed by atoms with Crippen LogP contribution >= 0.6 is 11.8 Å². The Bertz CT molecular complexity index is 137. The zero-order valence-electron chi connectivity index (χ0n) is 6.89. The molecule has 4 heteroatoms. The number of hydrogen-bond acceptors (Lipinski definition) is 2. The molecule has 11 heavy (non-hydrogen) atoms. The summed E-state index contributed by atoms with van der Waals surface area (Å²) in [6, 6.07) is 0.815. The molecule has 2 unspecified atom stereocenters. The number of carbonyl (C=O) groups excluding carboxylic acids is 1. The van der Waals surface area contributed by atoms with E-state index in [1.165, 1.54) is 0 Å². The van der Waals surface area contributed by atoms with Gasteiger partial charge in [0.05, 0.1) is 12.1 Å².